The van der Waals surface area contributed by atoms with E-state index in [0.717, 1.165) is 0 Å². The van der Waals surface area contributed by atoms with Crippen LogP contribution in [0.5, 0.6) is 0 Å². The number of nitrogens with one attached hydrogen (secondary N) is 2. The number of likely N-dealkylation sites (tertiary alicyclic amines) is 1. The van der Waals surface area contributed by atoms with Crippen molar-refractivity contribution in [2.24, 2.45) is 0 Å². The normalized spacial score (nSPS) is 20.6. The lowest BCUT2D eigenvalue weighted by atomic mass is 10.0. The van der Waals surface area contributed by atoms with Crippen LogP contribution in [0.1, 0.15) is 22.5 Å². The summed E-state index contributed by atoms with van der Waals surface area (Å²) in [7, 11) is 0. The van der Waals surface area contributed by atoms with E-state index in [9.17, 15) is 14.7 Å². The van der Waals surface area contributed by atoms with E-state index in [1.165, 1.54) is 16.9 Å². The minimum absolute atomic E-state index is 0.188. The summed E-state index contributed by atoms with van der Waals surface area (Å²) < 4.78 is 1.27. The molecule has 1 saturated heterocycles. The quantitative estimate of drug-likeness (QED) is 0.587. The second-order valence-electron chi connectivity index (χ2n) is 6.65. The van der Waals surface area contributed by atoms with Crippen molar-refractivity contribution in [2.75, 3.05) is 13.1 Å². The van der Waals surface area contributed by atoms with E-state index in [0.29, 0.717) is 43.1 Å². The molecule has 0 unspecified atom stereocenters. The van der Waals surface area contributed by atoms with Crippen LogP contribution in [0.25, 0.3) is 5.78 Å². The summed E-state index contributed by atoms with van der Waals surface area (Å²) in [5.41, 5.74) is 0.952. The van der Waals surface area contributed by atoms with Crippen LogP contribution in [-0.2, 0) is 6.54 Å². The van der Waals surface area contributed by atoms with Crippen molar-refractivity contribution < 1.29 is 9.90 Å². The maximum Gasteiger partial charge on any atom is 0.274 e. The fraction of sp³-hybridized carbons (Fsp3) is 0.333. The van der Waals surface area contributed by atoms with Gasteiger partial charge in [-0.05, 0) is 18.6 Å². The number of carbonyl (C=O) groups is 1. The van der Waals surface area contributed by atoms with Gasteiger partial charge in [0, 0.05) is 31.3 Å². The van der Waals surface area contributed by atoms with Gasteiger partial charge in [0.1, 0.15) is 6.33 Å². The molecule has 3 aromatic rings. The van der Waals surface area contributed by atoms with E-state index in [-0.39, 0.29) is 17.5 Å². The van der Waals surface area contributed by atoms with Crippen LogP contribution < -0.4 is 10.9 Å². The zero-order valence-corrected chi connectivity index (χ0v) is 14.6. The fourth-order valence-electron chi connectivity index (χ4n) is 3.33. The molecule has 0 bridgehead atoms. The molecule has 1 aliphatic heterocycles. The molecule has 2 atom stereocenters. The highest BCUT2D eigenvalue weighted by atomic mass is 16.3. The number of β-amino-alcohol motifs (C(OH)–C–C–N with tert-alkyl or cyclic N) is 1. The van der Waals surface area contributed by atoms with Crippen LogP contribution in [0.3, 0.4) is 0 Å². The third-order valence-electron chi connectivity index (χ3n) is 4.73. The van der Waals surface area contributed by atoms with Gasteiger partial charge in [0.2, 0.25) is 0 Å². The number of H-pyrrole nitrogens is 1. The average Bonchev–Trinajstić information content (AvgIpc) is 3.14. The second kappa shape index (κ2) is 7.29. The predicted octanol–water partition coefficient (Wildman–Crippen LogP) is -0.217. The van der Waals surface area contributed by atoms with E-state index in [1.54, 1.807) is 24.3 Å². The van der Waals surface area contributed by atoms with Crippen LogP contribution in [0.4, 0.5) is 0 Å². The molecule has 0 radical (unpaired) electrons. The molecular formula is C18H20N6O3. The van der Waals surface area contributed by atoms with Gasteiger partial charge in [0.25, 0.3) is 17.2 Å². The SMILES string of the molecule is O=C(N[C@@H]1CCN(Cc2cc(=O)n3[nH]cnc3n2)C[C@H]1O)c1ccccc1. The number of benzene rings is 1. The minimum atomic E-state index is -0.693. The molecule has 3 heterocycles. The first-order chi connectivity index (χ1) is 13.1. The fourth-order valence-corrected chi connectivity index (χ4v) is 3.33. The van der Waals surface area contributed by atoms with Crippen LogP contribution >= 0.6 is 0 Å². The number of hydrogen-bond donors (Lipinski definition) is 3. The Morgan fingerprint density at radius 2 is 2.15 bits per heavy atom. The molecule has 140 valence electrons. The van der Waals surface area contributed by atoms with Crippen LogP contribution in [0.2, 0.25) is 0 Å². The highest BCUT2D eigenvalue weighted by Gasteiger charge is 2.29. The second-order valence-corrected chi connectivity index (χ2v) is 6.65. The largest absolute Gasteiger partial charge is 0.390 e. The summed E-state index contributed by atoms with van der Waals surface area (Å²) in [5, 5.41) is 16.0. The Bertz CT molecular complexity index is 999. The van der Waals surface area contributed by atoms with Gasteiger partial charge in [0.05, 0.1) is 17.8 Å². The number of aliphatic hydroxyl groups is 1. The molecular weight excluding hydrogens is 348 g/mol. The van der Waals surface area contributed by atoms with Crippen molar-refractivity contribution >= 4 is 11.7 Å². The third kappa shape index (κ3) is 3.74. The number of aliphatic hydroxyl groups excluding tert-OH is 1. The summed E-state index contributed by atoms with van der Waals surface area (Å²) in [6.45, 7) is 1.51. The molecule has 1 aliphatic rings. The lowest BCUT2D eigenvalue weighted by molar-refractivity contribution is 0.0345. The zero-order valence-electron chi connectivity index (χ0n) is 14.6. The maximum absolute atomic E-state index is 12.3. The number of nitrogens with zero attached hydrogens (tertiary/aromatic N) is 4. The highest BCUT2D eigenvalue weighted by Crippen LogP contribution is 2.14. The Labute approximate surface area is 154 Å². The van der Waals surface area contributed by atoms with Gasteiger partial charge in [0.15, 0.2) is 0 Å². The number of rotatable bonds is 4. The number of aromatic nitrogens is 4. The molecule has 0 saturated carbocycles. The highest BCUT2D eigenvalue weighted by molar-refractivity contribution is 5.94. The lowest BCUT2D eigenvalue weighted by Crippen LogP contribution is -2.53. The van der Waals surface area contributed by atoms with Crippen LogP contribution in [0.15, 0.2) is 47.5 Å². The number of aromatic amines is 1. The van der Waals surface area contributed by atoms with Gasteiger partial charge in [-0.1, -0.05) is 18.2 Å². The molecule has 4 rings (SSSR count). The topological polar surface area (TPSA) is 116 Å². The van der Waals surface area contributed by atoms with Crippen molar-refractivity contribution in [1.29, 1.82) is 0 Å². The first-order valence-corrected chi connectivity index (χ1v) is 8.78. The smallest absolute Gasteiger partial charge is 0.274 e. The Morgan fingerprint density at radius 3 is 2.93 bits per heavy atom. The van der Waals surface area contributed by atoms with E-state index in [2.05, 4.69) is 20.4 Å². The molecule has 9 nitrogen and oxygen atoms in total. The number of piperidine rings is 1. The van der Waals surface area contributed by atoms with E-state index >= 15 is 0 Å². The maximum atomic E-state index is 12.3. The van der Waals surface area contributed by atoms with Gasteiger partial charge in [-0.25, -0.2) is 9.97 Å². The molecule has 9 heteroatoms. The molecule has 0 aliphatic carbocycles. The van der Waals surface area contributed by atoms with Gasteiger partial charge in [-0.2, -0.15) is 4.52 Å². The van der Waals surface area contributed by atoms with Crippen molar-refractivity contribution in [1.82, 2.24) is 29.8 Å². The van der Waals surface area contributed by atoms with Crippen molar-refractivity contribution in [2.45, 2.75) is 25.1 Å². The lowest BCUT2D eigenvalue weighted by Gasteiger charge is -2.36. The van der Waals surface area contributed by atoms with E-state index < -0.39 is 6.10 Å². The Hall–Kier alpha value is -3.04. The van der Waals surface area contributed by atoms with E-state index in [4.69, 9.17) is 0 Å². The van der Waals surface area contributed by atoms with Crippen molar-refractivity contribution in [3.8, 4) is 0 Å². The molecule has 1 aromatic carbocycles. The Balaban J connectivity index is 1.38. The molecule has 1 fully saturated rings. The van der Waals surface area contributed by atoms with Gasteiger partial charge >= 0.3 is 0 Å². The average molecular weight is 368 g/mol. The van der Waals surface area contributed by atoms with Crippen LogP contribution in [0, 0.1) is 0 Å². The van der Waals surface area contributed by atoms with Crippen molar-refractivity contribution in [3.63, 3.8) is 0 Å². The van der Waals surface area contributed by atoms with Gasteiger partial charge < -0.3 is 10.4 Å². The number of carbonyl (C=O) groups excluding carboxylic acids is 1. The standard InChI is InChI=1S/C18H20N6O3/c25-15-10-23(9-13-8-16(26)24-18(21-13)19-11-20-24)7-6-14(15)22-17(27)12-4-2-1-3-5-12/h1-5,8,11,14-15,25H,6-7,9-10H2,(H,22,27)(H,19,20,21)/t14-,15-/m1/s1. The van der Waals surface area contributed by atoms with Crippen LogP contribution in [-0.4, -0.2) is 60.7 Å². The van der Waals surface area contributed by atoms with Crippen molar-refractivity contribution in [3.05, 3.63) is 64.3 Å². The first kappa shape index (κ1) is 17.4. The summed E-state index contributed by atoms with van der Waals surface area (Å²) in [5.74, 6) is 0.134. The number of amides is 1. The Kier molecular flexibility index (Phi) is 4.69. The molecule has 1 amide bonds. The Morgan fingerprint density at radius 1 is 1.33 bits per heavy atom. The minimum Gasteiger partial charge on any atom is -0.390 e. The number of fused-ring (bicyclic) bond motifs is 1. The molecule has 27 heavy (non-hydrogen) atoms. The first-order valence-electron chi connectivity index (χ1n) is 8.78. The number of hydrogen-bond acceptors (Lipinski definition) is 6. The zero-order chi connectivity index (χ0) is 18.8. The molecule has 0 spiro atoms. The summed E-state index contributed by atoms with van der Waals surface area (Å²) in [6, 6.07) is 10.1. The molecule has 3 N–H and O–H groups in total. The van der Waals surface area contributed by atoms with Gasteiger partial charge in [-0.3, -0.25) is 19.6 Å². The molecule has 2 aromatic heterocycles. The summed E-state index contributed by atoms with van der Waals surface area (Å²) >= 11 is 0. The third-order valence-corrected chi connectivity index (χ3v) is 4.73. The van der Waals surface area contributed by atoms with E-state index in [1.807, 2.05) is 11.0 Å². The summed E-state index contributed by atoms with van der Waals surface area (Å²) in [6.07, 6.45) is 1.34. The van der Waals surface area contributed by atoms with Gasteiger partial charge in [-0.15, -0.1) is 0 Å². The summed E-state index contributed by atoms with van der Waals surface area (Å²) in [4.78, 5) is 34.7. The predicted molar refractivity (Wildman–Crippen MR) is 97.2 cm³/mol. The monoisotopic (exact) mass is 368 g/mol.